The van der Waals surface area contributed by atoms with Gasteiger partial charge in [-0.15, -0.1) is 0 Å². The topological polar surface area (TPSA) is 598 Å². The minimum absolute atomic E-state index is 0.00596. The third kappa shape index (κ3) is 29.9. The first kappa shape index (κ1) is 87.3. The van der Waals surface area contributed by atoms with E-state index >= 15 is 0 Å². The highest BCUT2D eigenvalue weighted by Crippen LogP contribution is 2.22. The van der Waals surface area contributed by atoms with Gasteiger partial charge in [0.1, 0.15) is 72.6 Å². The summed E-state index contributed by atoms with van der Waals surface area (Å²) in [5, 5.41) is 57.0. The first-order valence-corrected chi connectivity index (χ1v) is 34.3. The number of hydrogen-bond donors (Lipinski definition) is 19. The Hall–Kier alpha value is -9.88. The number of likely N-dealkylation sites (N-methyl/N-ethyl adjacent to an activating group) is 1. The molecular weight excluding hydrogens is 1350 g/mol. The number of hydrogen-bond acceptors (Lipinski definition) is 21. The molecule has 14 amide bonds. The Balaban J connectivity index is 2.26. The molecule has 574 valence electrons. The Morgan fingerprint density at radius 2 is 1.03 bits per heavy atom. The van der Waals surface area contributed by atoms with Crippen LogP contribution in [0.15, 0.2) is 30.5 Å². The number of fused-ring (bicyclic) bond motifs is 1. The van der Waals surface area contributed by atoms with E-state index in [0.717, 1.165) is 4.90 Å². The summed E-state index contributed by atoms with van der Waals surface area (Å²) in [6.07, 6.45) is -3.21. The van der Waals surface area contributed by atoms with Gasteiger partial charge >= 0.3 is 11.9 Å². The smallest absolute Gasteiger partial charge is 0.329 e. The van der Waals surface area contributed by atoms with Crippen LogP contribution in [0.5, 0.6) is 0 Å². The molecule has 2 aromatic rings. The molecule has 23 N–H and O–H groups in total. The van der Waals surface area contributed by atoms with Gasteiger partial charge in [-0.05, 0) is 101 Å². The number of nitrogens with one attached hydrogen (secondary N) is 12. The third-order valence-electron chi connectivity index (χ3n) is 16.6. The van der Waals surface area contributed by atoms with E-state index in [1.54, 1.807) is 58.2 Å². The third-order valence-corrected chi connectivity index (χ3v) is 16.6. The lowest BCUT2D eigenvalue weighted by Crippen LogP contribution is -2.61. The van der Waals surface area contributed by atoms with Crippen LogP contribution >= 0.6 is 0 Å². The molecule has 1 aromatic heterocycles. The molecule has 1 aromatic carbocycles. The molecule has 37 heteroatoms. The SMILES string of the molecule is CC(C)CCC[C@@H]1CC(=O)N[C@@H](CO)C(=O)N[C@H](CC(N)=O)C(=O)N[C@@H](CO)C(=O)NCC(=O)N[C@H](C)C(=O)N[C@@H](CC(C)C)C(=O)N[C@H](CCCN)C(=O)N[C@@H](CCC(=O)O)C(=O)N[C@H](CC(N)=O)C(=O)N[C@H](Cc2c[nH]c3ccccc23)C(=O)N[C@H](CCCN)C(=O)N(C)[C@@H](C(C)C)C(=O)O1. The highest BCUT2D eigenvalue weighted by Gasteiger charge is 2.40. The van der Waals surface area contributed by atoms with Crippen LogP contribution in [0.4, 0.5) is 0 Å². The van der Waals surface area contributed by atoms with Crippen LogP contribution in [-0.2, 0) is 87.9 Å². The molecule has 12 atom stereocenters. The molecule has 0 spiro atoms. The molecule has 0 bridgehead atoms. The molecule has 3 rings (SSSR count). The van der Waals surface area contributed by atoms with Crippen molar-refractivity contribution >= 4 is 106 Å². The van der Waals surface area contributed by atoms with Crippen LogP contribution in [0.1, 0.15) is 138 Å². The number of aliphatic hydroxyl groups is 2. The van der Waals surface area contributed by atoms with Crippen LogP contribution in [0.25, 0.3) is 10.9 Å². The van der Waals surface area contributed by atoms with Crippen molar-refractivity contribution in [1.29, 1.82) is 0 Å². The quantitative estimate of drug-likeness (QED) is 0.0436. The Bertz CT molecular complexity index is 3290. The fourth-order valence-electron chi connectivity index (χ4n) is 11.1. The number of carbonyl (C=O) groups is 16. The summed E-state index contributed by atoms with van der Waals surface area (Å²) in [5.74, 6) is -18.7. The number of amides is 14. The van der Waals surface area contributed by atoms with E-state index in [9.17, 15) is 92.0 Å². The fraction of sp³-hybridized carbons (Fsp3) is 0.636. The Labute approximate surface area is 596 Å². The maximum Gasteiger partial charge on any atom is 0.329 e. The second-order valence-corrected chi connectivity index (χ2v) is 26.5. The van der Waals surface area contributed by atoms with Crippen LogP contribution < -0.4 is 81.4 Å². The standard InChI is InChI=1S/C66H105N17O20/c1-33(2)14-11-15-38-26-52(88)74-49(32-85)64(100)81-47(28-51(70)87)63(99)82-48(31-84)57(93)72-30-53(89)73-36(7)56(92)78-44(24-34(3)4)60(96)75-41(18-12-22-67)58(94)76-42(20-21-54(90)91)59(95)80-46(27-50(69)86)62(98)79-45(25-37-29-71-40-17-10-9-16-39(37)40)61(97)77-43(19-13-23-68)65(101)83(8)55(35(5)6)66(102)103-38/h9-10,16-17,29,33-36,38,41-49,55,71,84-85H,11-15,18-28,30-32,67-68H2,1-8H3,(H2,69,86)(H2,70,87)(H,72,93)(H,73,89)(H,74,88)(H,75,96)(H,76,94)(H,77,97)(H,78,92)(H,79,98)(H,80,95)(H,81,100)(H,82,99)(H,90,91)/t36-,38-,41-,42+,43-,44+,45-,46-,47-,48+,49+,55+/m1/s1. The van der Waals surface area contributed by atoms with Gasteiger partial charge in [0, 0.05) is 37.0 Å². The maximum atomic E-state index is 15.0. The number of rotatable bonds is 24. The average molecular weight is 1460 g/mol. The van der Waals surface area contributed by atoms with E-state index < -0.39 is 225 Å². The number of nitrogens with zero attached hydrogens (tertiary/aromatic N) is 1. The second kappa shape index (κ2) is 43.8. The number of esters is 1. The largest absolute Gasteiger partial charge is 0.481 e. The highest BCUT2D eigenvalue weighted by atomic mass is 16.5. The van der Waals surface area contributed by atoms with Crippen LogP contribution in [0.3, 0.4) is 0 Å². The summed E-state index contributed by atoms with van der Waals surface area (Å²) in [5.41, 5.74) is 23.9. The summed E-state index contributed by atoms with van der Waals surface area (Å²) in [7, 11) is 1.27. The first-order chi connectivity index (χ1) is 48.5. The molecule has 1 fully saturated rings. The molecule has 1 aliphatic heterocycles. The van der Waals surface area contributed by atoms with E-state index in [4.69, 9.17) is 27.7 Å². The number of carboxylic acid groups (broad SMARTS) is 1. The van der Waals surface area contributed by atoms with Gasteiger partial charge in [-0.3, -0.25) is 71.9 Å². The molecule has 1 aliphatic rings. The molecule has 103 heavy (non-hydrogen) atoms. The highest BCUT2D eigenvalue weighted by molar-refractivity contribution is 6.01. The monoisotopic (exact) mass is 1460 g/mol. The van der Waals surface area contributed by atoms with Gasteiger partial charge in [-0.2, -0.15) is 0 Å². The number of benzene rings is 1. The predicted molar refractivity (Wildman–Crippen MR) is 369 cm³/mol. The Morgan fingerprint density at radius 1 is 0.553 bits per heavy atom. The van der Waals surface area contributed by atoms with Gasteiger partial charge in [0.2, 0.25) is 82.7 Å². The molecule has 0 radical (unpaired) electrons. The van der Waals surface area contributed by atoms with Gasteiger partial charge < -0.3 is 111 Å². The van der Waals surface area contributed by atoms with Gasteiger partial charge in [-0.25, -0.2) is 4.79 Å². The summed E-state index contributed by atoms with van der Waals surface area (Å²) >= 11 is 0. The Kier molecular flexibility index (Phi) is 37.2. The van der Waals surface area contributed by atoms with E-state index in [2.05, 4.69) is 63.5 Å². The van der Waals surface area contributed by atoms with E-state index in [1.165, 1.54) is 14.0 Å². The number of cyclic esters (lactones) is 1. The zero-order valence-corrected chi connectivity index (χ0v) is 59.5. The maximum absolute atomic E-state index is 15.0. The van der Waals surface area contributed by atoms with Gasteiger partial charge in [0.15, 0.2) is 0 Å². The summed E-state index contributed by atoms with van der Waals surface area (Å²) in [6, 6.07) is -11.6. The van der Waals surface area contributed by atoms with Crippen molar-refractivity contribution in [2.45, 2.75) is 211 Å². The molecule has 2 heterocycles. The minimum atomic E-state index is -1.95. The fourth-order valence-corrected chi connectivity index (χ4v) is 11.1. The summed E-state index contributed by atoms with van der Waals surface area (Å²) in [4.78, 5) is 225. The van der Waals surface area contributed by atoms with Crippen LogP contribution in [0, 0.1) is 17.8 Å². The normalized spacial score (nSPS) is 24.8. The first-order valence-electron chi connectivity index (χ1n) is 34.3. The number of aromatic nitrogens is 1. The molecule has 37 nitrogen and oxygen atoms in total. The van der Waals surface area contributed by atoms with Crippen molar-refractivity contribution in [2.24, 2.45) is 40.7 Å². The van der Waals surface area contributed by atoms with E-state index in [1.807, 2.05) is 13.8 Å². The van der Waals surface area contributed by atoms with E-state index in [-0.39, 0.29) is 69.9 Å². The van der Waals surface area contributed by atoms with Crippen LogP contribution in [-0.4, -0.2) is 232 Å². The molecule has 0 saturated carbocycles. The average Bonchev–Trinajstić information content (AvgIpc) is 1.78. The van der Waals surface area contributed by atoms with Crippen molar-refractivity contribution in [3.63, 3.8) is 0 Å². The van der Waals surface area contributed by atoms with Gasteiger partial charge in [0.05, 0.1) is 39.0 Å². The number of H-pyrrole nitrogens is 1. The Morgan fingerprint density at radius 3 is 1.56 bits per heavy atom. The second-order valence-electron chi connectivity index (χ2n) is 26.5. The van der Waals surface area contributed by atoms with Crippen molar-refractivity contribution in [2.75, 3.05) is 39.9 Å². The molecule has 0 unspecified atom stereocenters. The lowest BCUT2D eigenvalue weighted by molar-refractivity contribution is -0.162. The van der Waals surface area contributed by atoms with Crippen molar-refractivity contribution in [3.05, 3.63) is 36.0 Å². The minimum Gasteiger partial charge on any atom is -0.481 e. The molecule has 0 aliphatic carbocycles. The number of carbonyl (C=O) groups excluding carboxylic acids is 15. The molecular formula is C66H105N17O20. The summed E-state index contributed by atoms with van der Waals surface area (Å²) < 4.78 is 6.00. The number of aliphatic carboxylic acids is 1. The van der Waals surface area contributed by atoms with E-state index in [0.29, 0.717) is 29.3 Å². The van der Waals surface area contributed by atoms with Crippen molar-refractivity contribution < 1.29 is 96.8 Å². The number of aromatic amines is 1. The number of nitrogens with two attached hydrogens (primary N) is 4. The number of aliphatic hydroxyl groups excluding tert-OH is 2. The molecule has 1 saturated heterocycles. The van der Waals surface area contributed by atoms with Gasteiger partial charge in [-0.1, -0.05) is 66.2 Å². The number of primary amides is 2. The number of para-hydroxylation sites is 1. The zero-order valence-electron chi connectivity index (χ0n) is 59.5. The lowest BCUT2D eigenvalue weighted by atomic mass is 9.99. The lowest BCUT2D eigenvalue weighted by Gasteiger charge is -2.34. The number of carboxylic acids is 1. The zero-order chi connectivity index (χ0) is 77.4. The number of ether oxygens (including phenoxy) is 1. The van der Waals surface area contributed by atoms with Crippen molar-refractivity contribution in [3.8, 4) is 0 Å². The predicted octanol–water partition coefficient (Wildman–Crippen LogP) is -5.56. The van der Waals surface area contributed by atoms with Gasteiger partial charge in [0.25, 0.3) is 0 Å². The summed E-state index contributed by atoms with van der Waals surface area (Å²) in [6.45, 7) is 8.44. The van der Waals surface area contributed by atoms with Crippen LogP contribution in [0.2, 0.25) is 0 Å². The van der Waals surface area contributed by atoms with Crippen molar-refractivity contribution in [1.82, 2.24) is 68.4 Å².